The van der Waals surface area contributed by atoms with Crippen LogP contribution < -0.4 is 4.90 Å². The molecule has 0 spiro atoms. The number of aromatic nitrogens is 1. The Morgan fingerprint density at radius 2 is 2.40 bits per heavy atom. The first kappa shape index (κ1) is 11.5. The van der Waals surface area contributed by atoms with Gasteiger partial charge in [0.05, 0.1) is 18.6 Å². The van der Waals surface area contributed by atoms with Gasteiger partial charge < -0.3 is 10.0 Å². The van der Waals surface area contributed by atoms with Crippen LogP contribution in [0.3, 0.4) is 0 Å². The van der Waals surface area contributed by atoms with E-state index >= 15 is 0 Å². The molecule has 0 amide bonds. The van der Waals surface area contributed by atoms with Crippen LogP contribution >= 0.6 is 0 Å². The third-order valence-corrected chi connectivity index (χ3v) is 2.17. The summed E-state index contributed by atoms with van der Waals surface area (Å²) in [6.45, 7) is 2.44. The van der Waals surface area contributed by atoms with E-state index in [1.54, 1.807) is 12.3 Å². The molecule has 1 aromatic rings. The van der Waals surface area contributed by atoms with Crippen molar-refractivity contribution in [3.05, 3.63) is 23.9 Å². The van der Waals surface area contributed by atoms with Crippen LogP contribution in [-0.4, -0.2) is 23.7 Å². The van der Waals surface area contributed by atoms with Crippen LogP contribution in [0, 0.1) is 17.2 Å². The van der Waals surface area contributed by atoms with Gasteiger partial charge in [0.1, 0.15) is 5.82 Å². The van der Waals surface area contributed by atoms with Gasteiger partial charge in [0.2, 0.25) is 0 Å². The van der Waals surface area contributed by atoms with Crippen molar-refractivity contribution in [1.82, 2.24) is 4.98 Å². The number of pyridine rings is 1. The Hall–Kier alpha value is -1.60. The van der Waals surface area contributed by atoms with E-state index in [4.69, 9.17) is 10.4 Å². The smallest absolute Gasteiger partial charge is 0.133 e. The van der Waals surface area contributed by atoms with Crippen molar-refractivity contribution in [1.29, 1.82) is 5.26 Å². The highest BCUT2D eigenvalue weighted by molar-refractivity contribution is 5.45. The summed E-state index contributed by atoms with van der Waals surface area (Å²) in [5, 5.41) is 17.8. The average molecular weight is 205 g/mol. The van der Waals surface area contributed by atoms with Gasteiger partial charge in [-0.15, -0.1) is 0 Å². The zero-order chi connectivity index (χ0) is 11.3. The van der Waals surface area contributed by atoms with E-state index in [0.717, 1.165) is 11.4 Å². The highest BCUT2D eigenvalue weighted by atomic mass is 16.3. The summed E-state index contributed by atoms with van der Waals surface area (Å²) in [5.74, 6) is 0.686. The third-order valence-electron chi connectivity index (χ3n) is 2.17. The van der Waals surface area contributed by atoms with Gasteiger partial charge in [0.15, 0.2) is 0 Å². The highest BCUT2D eigenvalue weighted by Crippen LogP contribution is 2.16. The minimum Gasteiger partial charge on any atom is -0.392 e. The molecule has 4 nitrogen and oxygen atoms in total. The van der Waals surface area contributed by atoms with Crippen molar-refractivity contribution in [2.45, 2.75) is 13.5 Å². The lowest BCUT2D eigenvalue weighted by molar-refractivity contribution is 0.281. The molecule has 0 radical (unpaired) electrons. The van der Waals surface area contributed by atoms with Crippen molar-refractivity contribution in [2.75, 3.05) is 18.5 Å². The zero-order valence-electron chi connectivity index (χ0n) is 9.01. The maximum Gasteiger partial charge on any atom is 0.133 e. The standard InChI is InChI=1S/C11H15N3O/c1-9(6-12)7-14(2)11-10(8-15)4-3-5-13-11/h3-5,9,15H,7-8H2,1-2H3. The first-order valence-electron chi connectivity index (χ1n) is 4.84. The SMILES string of the molecule is CC(C#N)CN(C)c1ncccc1CO. The molecule has 1 atom stereocenters. The maximum absolute atomic E-state index is 9.13. The molecule has 1 N–H and O–H groups in total. The van der Waals surface area contributed by atoms with Crippen molar-refractivity contribution in [3.63, 3.8) is 0 Å². The summed E-state index contributed by atoms with van der Waals surface area (Å²) in [5.41, 5.74) is 0.783. The van der Waals surface area contributed by atoms with Crippen LogP contribution in [0.4, 0.5) is 5.82 Å². The largest absolute Gasteiger partial charge is 0.392 e. The van der Waals surface area contributed by atoms with Gasteiger partial charge in [-0.05, 0) is 13.0 Å². The predicted octanol–water partition coefficient (Wildman–Crippen LogP) is 1.17. The van der Waals surface area contributed by atoms with Crippen LogP contribution in [0.1, 0.15) is 12.5 Å². The summed E-state index contributed by atoms with van der Waals surface area (Å²) in [4.78, 5) is 6.08. The van der Waals surface area contributed by atoms with Crippen molar-refractivity contribution >= 4 is 5.82 Å². The Morgan fingerprint density at radius 3 is 3.00 bits per heavy atom. The molecule has 1 unspecified atom stereocenters. The Morgan fingerprint density at radius 1 is 1.67 bits per heavy atom. The Kier molecular flexibility index (Phi) is 4.07. The van der Waals surface area contributed by atoms with E-state index in [-0.39, 0.29) is 12.5 Å². The van der Waals surface area contributed by atoms with Gasteiger partial charge in [0, 0.05) is 25.4 Å². The molecule has 4 heteroatoms. The third kappa shape index (κ3) is 2.93. The molecule has 1 aromatic heterocycles. The fraction of sp³-hybridized carbons (Fsp3) is 0.455. The van der Waals surface area contributed by atoms with Gasteiger partial charge in [-0.2, -0.15) is 5.26 Å². The van der Waals surface area contributed by atoms with Crippen LogP contribution in [0.15, 0.2) is 18.3 Å². The van der Waals surface area contributed by atoms with Crippen LogP contribution in [0.25, 0.3) is 0 Å². The maximum atomic E-state index is 9.13. The molecule has 0 saturated carbocycles. The fourth-order valence-corrected chi connectivity index (χ4v) is 1.44. The van der Waals surface area contributed by atoms with Crippen molar-refractivity contribution in [3.8, 4) is 6.07 Å². The van der Waals surface area contributed by atoms with Crippen molar-refractivity contribution < 1.29 is 5.11 Å². The predicted molar refractivity (Wildman–Crippen MR) is 58.2 cm³/mol. The van der Waals surface area contributed by atoms with E-state index < -0.39 is 0 Å². The van der Waals surface area contributed by atoms with Gasteiger partial charge in [-0.25, -0.2) is 4.98 Å². The molecule has 0 aliphatic carbocycles. The topological polar surface area (TPSA) is 60.2 Å². The minimum atomic E-state index is -0.0523. The van der Waals surface area contributed by atoms with Crippen LogP contribution in [-0.2, 0) is 6.61 Å². The molecule has 0 aromatic carbocycles. The zero-order valence-corrected chi connectivity index (χ0v) is 9.01. The normalized spacial score (nSPS) is 11.9. The Balaban J connectivity index is 2.82. The average Bonchev–Trinajstić information content (AvgIpc) is 2.28. The second kappa shape index (κ2) is 5.32. The lowest BCUT2D eigenvalue weighted by atomic mass is 10.2. The second-order valence-corrected chi connectivity index (χ2v) is 3.55. The summed E-state index contributed by atoms with van der Waals surface area (Å²) in [7, 11) is 1.87. The van der Waals surface area contributed by atoms with E-state index in [1.807, 2.05) is 24.9 Å². The summed E-state index contributed by atoms with van der Waals surface area (Å²) < 4.78 is 0. The molecule has 15 heavy (non-hydrogen) atoms. The summed E-state index contributed by atoms with van der Waals surface area (Å²) >= 11 is 0. The van der Waals surface area contributed by atoms with Crippen LogP contribution in [0.5, 0.6) is 0 Å². The van der Waals surface area contributed by atoms with Gasteiger partial charge in [-0.3, -0.25) is 0 Å². The number of hydrogen-bond donors (Lipinski definition) is 1. The van der Waals surface area contributed by atoms with Crippen molar-refractivity contribution in [2.24, 2.45) is 5.92 Å². The molecule has 0 fully saturated rings. The molecule has 80 valence electrons. The molecule has 1 rings (SSSR count). The molecule has 0 aliphatic rings. The Bertz CT molecular complexity index is 359. The van der Waals surface area contributed by atoms with Gasteiger partial charge >= 0.3 is 0 Å². The number of anilines is 1. The summed E-state index contributed by atoms with van der Waals surface area (Å²) in [6, 6.07) is 5.79. The fourth-order valence-electron chi connectivity index (χ4n) is 1.44. The quantitative estimate of drug-likeness (QED) is 0.801. The minimum absolute atomic E-state index is 0.0333. The van der Waals surface area contributed by atoms with E-state index in [1.165, 1.54) is 0 Å². The molecule has 0 aliphatic heterocycles. The second-order valence-electron chi connectivity index (χ2n) is 3.55. The van der Waals surface area contributed by atoms with Crippen LogP contribution in [0.2, 0.25) is 0 Å². The number of hydrogen-bond acceptors (Lipinski definition) is 4. The highest BCUT2D eigenvalue weighted by Gasteiger charge is 2.10. The van der Waals surface area contributed by atoms with Gasteiger partial charge in [-0.1, -0.05) is 6.07 Å². The molecular weight excluding hydrogens is 190 g/mol. The molecule has 0 saturated heterocycles. The van der Waals surface area contributed by atoms with E-state index in [0.29, 0.717) is 6.54 Å². The first-order valence-corrected chi connectivity index (χ1v) is 4.84. The number of aliphatic hydroxyl groups is 1. The Labute approximate surface area is 89.8 Å². The number of aliphatic hydroxyl groups excluding tert-OH is 1. The lowest BCUT2D eigenvalue weighted by Crippen LogP contribution is -2.25. The monoisotopic (exact) mass is 205 g/mol. The molecule has 0 bridgehead atoms. The summed E-state index contributed by atoms with van der Waals surface area (Å²) in [6.07, 6.45) is 1.68. The molecule has 1 heterocycles. The van der Waals surface area contributed by atoms with E-state index in [9.17, 15) is 0 Å². The first-order chi connectivity index (χ1) is 7.19. The number of nitriles is 1. The van der Waals surface area contributed by atoms with E-state index in [2.05, 4.69) is 11.1 Å². The molecular formula is C11H15N3O. The van der Waals surface area contributed by atoms with Gasteiger partial charge in [0.25, 0.3) is 0 Å². The number of rotatable bonds is 4. The lowest BCUT2D eigenvalue weighted by Gasteiger charge is -2.21. The number of nitrogens with zero attached hydrogens (tertiary/aromatic N) is 3.